The third kappa shape index (κ3) is 2.77. The van der Waals surface area contributed by atoms with Gasteiger partial charge in [0.25, 0.3) is 0 Å². The van der Waals surface area contributed by atoms with Crippen LogP contribution in [0.1, 0.15) is 23.7 Å². The van der Waals surface area contributed by atoms with E-state index in [9.17, 15) is 4.79 Å². The van der Waals surface area contributed by atoms with E-state index in [2.05, 4.69) is 18.0 Å². The lowest BCUT2D eigenvalue weighted by Crippen LogP contribution is -2.30. The van der Waals surface area contributed by atoms with Gasteiger partial charge in [0.1, 0.15) is 11.0 Å². The van der Waals surface area contributed by atoms with E-state index in [1.54, 1.807) is 6.07 Å². The molecule has 0 spiro atoms. The van der Waals surface area contributed by atoms with Crippen molar-refractivity contribution in [1.82, 2.24) is 4.98 Å². The van der Waals surface area contributed by atoms with Gasteiger partial charge in [-0.05, 0) is 25.5 Å². The third-order valence-electron chi connectivity index (χ3n) is 2.68. The van der Waals surface area contributed by atoms with Gasteiger partial charge in [-0.15, -0.1) is 0 Å². The number of aromatic carboxylic acids is 1. The Labute approximate surface area is 105 Å². The van der Waals surface area contributed by atoms with E-state index in [-0.39, 0.29) is 10.7 Å². The molecule has 0 unspecified atom stereocenters. The minimum absolute atomic E-state index is 0.173. The Bertz CT molecular complexity index is 485. The lowest BCUT2D eigenvalue weighted by atomic mass is 10.1. The Balaban J connectivity index is 2.32. The van der Waals surface area contributed by atoms with E-state index < -0.39 is 5.97 Å². The second kappa shape index (κ2) is 4.75. The average molecular weight is 253 g/mol. The molecule has 4 nitrogen and oxygen atoms in total. The Hall–Kier alpha value is -1.55. The number of nitrogens with zero attached hydrogens (tertiary/aromatic N) is 2. The van der Waals surface area contributed by atoms with Crippen LogP contribution >= 0.6 is 11.6 Å². The maximum absolute atomic E-state index is 10.9. The number of aromatic nitrogens is 1. The first-order valence-electron chi connectivity index (χ1n) is 5.38. The number of anilines is 1. The van der Waals surface area contributed by atoms with Crippen LogP contribution in [0.3, 0.4) is 0 Å². The summed E-state index contributed by atoms with van der Waals surface area (Å²) in [7, 11) is 0. The highest BCUT2D eigenvalue weighted by Gasteiger charge is 2.15. The van der Waals surface area contributed by atoms with Gasteiger partial charge in [-0.2, -0.15) is 0 Å². The molecule has 0 saturated heterocycles. The van der Waals surface area contributed by atoms with Gasteiger partial charge in [0.05, 0.1) is 5.56 Å². The zero-order chi connectivity index (χ0) is 12.4. The van der Waals surface area contributed by atoms with Crippen LogP contribution < -0.4 is 4.90 Å². The molecule has 0 saturated carbocycles. The molecule has 90 valence electrons. The number of hydrogen-bond donors (Lipinski definition) is 1. The molecule has 17 heavy (non-hydrogen) atoms. The van der Waals surface area contributed by atoms with Gasteiger partial charge in [0.2, 0.25) is 0 Å². The first kappa shape index (κ1) is 11.9. The van der Waals surface area contributed by atoms with Crippen molar-refractivity contribution in [3.05, 3.63) is 34.5 Å². The van der Waals surface area contributed by atoms with Crippen molar-refractivity contribution in [2.75, 3.05) is 18.0 Å². The summed E-state index contributed by atoms with van der Waals surface area (Å²) < 4.78 is 0. The first-order chi connectivity index (χ1) is 8.06. The summed E-state index contributed by atoms with van der Waals surface area (Å²) in [6.07, 6.45) is 3.13. The second-order valence-corrected chi connectivity index (χ2v) is 4.49. The molecule has 1 aromatic rings. The molecular weight excluding hydrogens is 240 g/mol. The number of carboxylic acids is 1. The Morgan fingerprint density at radius 1 is 1.53 bits per heavy atom. The zero-order valence-electron chi connectivity index (χ0n) is 9.48. The van der Waals surface area contributed by atoms with Crippen LogP contribution in [0.25, 0.3) is 0 Å². The van der Waals surface area contributed by atoms with Gasteiger partial charge in [-0.1, -0.05) is 23.3 Å². The molecule has 2 rings (SSSR count). The van der Waals surface area contributed by atoms with Crippen molar-refractivity contribution in [2.45, 2.75) is 13.3 Å². The summed E-state index contributed by atoms with van der Waals surface area (Å²) in [5, 5.41) is 9.18. The van der Waals surface area contributed by atoms with E-state index in [0.29, 0.717) is 5.82 Å². The van der Waals surface area contributed by atoms with Gasteiger partial charge in [0.15, 0.2) is 0 Å². The largest absolute Gasteiger partial charge is 0.478 e. The summed E-state index contributed by atoms with van der Waals surface area (Å²) in [5.74, 6) is -0.359. The molecule has 1 aliphatic rings. The molecule has 2 heterocycles. The fourth-order valence-corrected chi connectivity index (χ4v) is 2.08. The Morgan fingerprint density at radius 2 is 2.29 bits per heavy atom. The molecule has 1 aliphatic heterocycles. The van der Waals surface area contributed by atoms with Crippen LogP contribution in [0.5, 0.6) is 0 Å². The number of halogens is 1. The molecule has 1 N–H and O–H groups in total. The molecule has 1 aromatic heterocycles. The summed E-state index contributed by atoms with van der Waals surface area (Å²) in [4.78, 5) is 17.1. The lowest BCUT2D eigenvalue weighted by Gasteiger charge is -2.27. The molecule has 0 radical (unpaired) electrons. The summed E-state index contributed by atoms with van der Waals surface area (Å²) >= 11 is 5.83. The SMILES string of the molecule is CC1=CCCN(c2cc(C(=O)O)cc(Cl)n2)C1. The highest BCUT2D eigenvalue weighted by Crippen LogP contribution is 2.21. The predicted octanol–water partition coefficient (Wildman–Crippen LogP) is 2.59. The number of carboxylic acid groups (broad SMARTS) is 1. The Morgan fingerprint density at radius 3 is 2.94 bits per heavy atom. The summed E-state index contributed by atoms with van der Waals surface area (Å²) in [6, 6.07) is 2.92. The number of rotatable bonds is 2. The van der Waals surface area contributed by atoms with Crippen LogP contribution in [-0.4, -0.2) is 29.1 Å². The molecule has 5 heteroatoms. The molecule has 0 aliphatic carbocycles. The molecule has 0 atom stereocenters. The van der Waals surface area contributed by atoms with Crippen molar-refractivity contribution < 1.29 is 9.90 Å². The first-order valence-corrected chi connectivity index (χ1v) is 5.75. The minimum Gasteiger partial charge on any atom is -0.478 e. The monoisotopic (exact) mass is 252 g/mol. The summed E-state index contributed by atoms with van der Waals surface area (Å²) in [6.45, 7) is 3.66. The van der Waals surface area contributed by atoms with Crippen LogP contribution in [-0.2, 0) is 0 Å². The van der Waals surface area contributed by atoms with E-state index in [1.165, 1.54) is 11.6 Å². The topological polar surface area (TPSA) is 53.4 Å². The zero-order valence-corrected chi connectivity index (χ0v) is 10.2. The Kier molecular flexibility index (Phi) is 3.33. The van der Waals surface area contributed by atoms with Gasteiger partial charge in [-0.25, -0.2) is 9.78 Å². The van der Waals surface area contributed by atoms with Crippen molar-refractivity contribution >= 4 is 23.4 Å². The maximum Gasteiger partial charge on any atom is 0.335 e. The van der Waals surface area contributed by atoms with Crippen LogP contribution in [0.2, 0.25) is 5.15 Å². The normalized spacial score (nSPS) is 15.6. The predicted molar refractivity (Wildman–Crippen MR) is 66.8 cm³/mol. The quantitative estimate of drug-likeness (QED) is 0.649. The van der Waals surface area contributed by atoms with Crippen LogP contribution in [0.15, 0.2) is 23.8 Å². The lowest BCUT2D eigenvalue weighted by molar-refractivity contribution is 0.0697. The van der Waals surface area contributed by atoms with Gasteiger partial charge >= 0.3 is 5.97 Å². The fraction of sp³-hybridized carbons (Fsp3) is 0.333. The van der Waals surface area contributed by atoms with E-state index in [1.807, 2.05) is 4.90 Å². The molecule has 0 fully saturated rings. The standard InChI is InChI=1S/C12H13ClN2O2/c1-8-3-2-4-15(7-8)11-6-9(12(16)17)5-10(13)14-11/h3,5-6H,2,4,7H2,1H3,(H,16,17). The van der Waals surface area contributed by atoms with Crippen LogP contribution in [0.4, 0.5) is 5.82 Å². The highest BCUT2D eigenvalue weighted by molar-refractivity contribution is 6.29. The van der Waals surface area contributed by atoms with E-state index in [4.69, 9.17) is 16.7 Å². The minimum atomic E-state index is -0.986. The molecule has 0 amide bonds. The van der Waals surface area contributed by atoms with Gasteiger partial charge in [-0.3, -0.25) is 0 Å². The molecule has 0 bridgehead atoms. The van der Waals surface area contributed by atoms with E-state index >= 15 is 0 Å². The van der Waals surface area contributed by atoms with Crippen molar-refractivity contribution in [1.29, 1.82) is 0 Å². The van der Waals surface area contributed by atoms with Gasteiger partial charge in [0, 0.05) is 13.1 Å². The van der Waals surface area contributed by atoms with Gasteiger partial charge < -0.3 is 10.0 Å². The average Bonchev–Trinajstić information content (AvgIpc) is 2.28. The molecular formula is C12H13ClN2O2. The number of hydrogen-bond acceptors (Lipinski definition) is 3. The van der Waals surface area contributed by atoms with Crippen molar-refractivity contribution in [3.8, 4) is 0 Å². The maximum atomic E-state index is 10.9. The van der Waals surface area contributed by atoms with Crippen molar-refractivity contribution in [2.24, 2.45) is 0 Å². The smallest absolute Gasteiger partial charge is 0.335 e. The summed E-state index contributed by atoms with van der Waals surface area (Å²) in [5.41, 5.74) is 1.43. The third-order valence-corrected chi connectivity index (χ3v) is 2.88. The fourth-order valence-electron chi connectivity index (χ4n) is 1.88. The molecule has 0 aromatic carbocycles. The number of pyridine rings is 1. The number of carbonyl (C=O) groups is 1. The highest BCUT2D eigenvalue weighted by atomic mass is 35.5. The second-order valence-electron chi connectivity index (χ2n) is 4.10. The van der Waals surface area contributed by atoms with E-state index in [0.717, 1.165) is 19.5 Å². The van der Waals surface area contributed by atoms with Crippen molar-refractivity contribution in [3.63, 3.8) is 0 Å². The van der Waals surface area contributed by atoms with Crippen LogP contribution in [0, 0.1) is 0 Å².